The molecule has 25 heavy (non-hydrogen) atoms. The van der Waals surface area contributed by atoms with Gasteiger partial charge in [0.2, 0.25) is 0 Å². The topological polar surface area (TPSA) is 83.1 Å². The number of hydrogen-bond acceptors (Lipinski definition) is 4. The number of hydrogen-bond donors (Lipinski definition) is 3. The number of carbonyl (C=O) groups excluding carboxylic acids is 2. The molecule has 1 heterocycles. The van der Waals surface area contributed by atoms with Crippen molar-refractivity contribution in [3.05, 3.63) is 57.7 Å². The van der Waals surface area contributed by atoms with Crippen LogP contribution in [0.2, 0.25) is 10.0 Å². The molecule has 2 rings (SSSR count). The molecule has 1 aromatic carbocycles. The maximum Gasteiger partial charge on any atom is 0.417 e. The van der Waals surface area contributed by atoms with E-state index < -0.39 is 23.7 Å². The van der Waals surface area contributed by atoms with Crippen molar-refractivity contribution in [1.29, 1.82) is 0 Å². The fourth-order valence-corrected chi connectivity index (χ4v) is 2.08. The highest BCUT2D eigenvalue weighted by molar-refractivity contribution is 6.34. The molecule has 0 saturated heterocycles. The summed E-state index contributed by atoms with van der Waals surface area (Å²) in [5.74, 6) is -0.994. The number of alkyl halides is 3. The summed E-state index contributed by atoms with van der Waals surface area (Å²) >= 11 is 11.5. The van der Waals surface area contributed by atoms with Crippen molar-refractivity contribution in [2.75, 3.05) is 5.43 Å². The molecule has 1 aromatic heterocycles. The number of anilines is 1. The molecule has 0 aliphatic carbocycles. The van der Waals surface area contributed by atoms with Gasteiger partial charge in [0.1, 0.15) is 0 Å². The van der Waals surface area contributed by atoms with Crippen LogP contribution in [0.5, 0.6) is 0 Å². The van der Waals surface area contributed by atoms with Crippen molar-refractivity contribution >= 4 is 41.0 Å². The van der Waals surface area contributed by atoms with Crippen LogP contribution in [0.3, 0.4) is 0 Å². The zero-order valence-corrected chi connectivity index (χ0v) is 13.6. The van der Waals surface area contributed by atoms with Crippen LogP contribution in [0.1, 0.15) is 15.9 Å². The predicted molar refractivity (Wildman–Crippen MR) is 85.3 cm³/mol. The average molecular weight is 393 g/mol. The largest absolute Gasteiger partial charge is 0.417 e. The number of amides is 3. The number of pyridine rings is 1. The molecule has 0 saturated carbocycles. The highest BCUT2D eigenvalue weighted by atomic mass is 35.5. The number of benzene rings is 1. The lowest BCUT2D eigenvalue weighted by atomic mass is 10.2. The van der Waals surface area contributed by atoms with E-state index in [0.717, 1.165) is 0 Å². The Morgan fingerprint density at radius 1 is 1.08 bits per heavy atom. The van der Waals surface area contributed by atoms with E-state index in [1.54, 1.807) is 12.1 Å². The first-order chi connectivity index (χ1) is 11.7. The molecule has 0 spiro atoms. The van der Waals surface area contributed by atoms with Crippen LogP contribution in [0.25, 0.3) is 0 Å². The van der Waals surface area contributed by atoms with Gasteiger partial charge >= 0.3 is 12.2 Å². The highest BCUT2D eigenvalue weighted by Crippen LogP contribution is 2.32. The first-order valence-corrected chi connectivity index (χ1v) is 7.28. The lowest BCUT2D eigenvalue weighted by molar-refractivity contribution is -0.137. The van der Waals surface area contributed by atoms with E-state index in [-0.39, 0.29) is 21.4 Å². The SMILES string of the molecule is O=C(NNc1ncc(C(F)(F)F)cc1Cl)NC(=O)c1ccccc1Cl. The van der Waals surface area contributed by atoms with Crippen LogP contribution in [-0.4, -0.2) is 16.9 Å². The van der Waals surface area contributed by atoms with Crippen LogP contribution in [0.15, 0.2) is 36.5 Å². The Balaban J connectivity index is 1.96. The standard InChI is InChI=1S/C14H9Cl2F3N4O2/c15-9-4-2-1-3-8(9)12(24)21-13(25)23-22-11-10(16)5-7(6-20-11)14(17,18)19/h1-6H,(H,20,22)(H2,21,23,24,25). The first kappa shape index (κ1) is 18.8. The monoisotopic (exact) mass is 392 g/mol. The van der Waals surface area contributed by atoms with Gasteiger partial charge in [0, 0.05) is 6.20 Å². The predicted octanol–water partition coefficient (Wildman–Crippen LogP) is 3.87. The molecule has 0 unspecified atom stereocenters. The molecule has 3 N–H and O–H groups in total. The Bertz CT molecular complexity index is 815. The lowest BCUT2D eigenvalue weighted by Crippen LogP contribution is -2.42. The number of nitrogens with zero attached hydrogens (tertiary/aromatic N) is 1. The third-order valence-corrected chi connectivity index (χ3v) is 3.43. The molecule has 11 heteroatoms. The van der Waals surface area contributed by atoms with Crippen molar-refractivity contribution in [3.63, 3.8) is 0 Å². The minimum atomic E-state index is -4.60. The highest BCUT2D eigenvalue weighted by Gasteiger charge is 2.31. The smallest absolute Gasteiger partial charge is 0.279 e. The number of halogens is 5. The zero-order chi connectivity index (χ0) is 18.6. The third-order valence-electron chi connectivity index (χ3n) is 2.81. The summed E-state index contributed by atoms with van der Waals surface area (Å²) in [6.07, 6.45) is -4.05. The van der Waals surface area contributed by atoms with Gasteiger partial charge in [-0.05, 0) is 18.2 Å². The van der Waals surface area contributed by atoms with Gasteiger partial charge < -0.3 is 0 Å². The second kappa shape index (κ2) is 7.58. The molecular weight excluding hydrogens is 384 g/mol. The molecule has 0 bridgehead atoms. The summed E-state index contributed by atoms with van der Waals surface area (Å²) in [6, 6.07) is 5.71. The summed E-state index contributed by atoms with van der Waals surface area (Å²) in [5.41, 5.74) is 3.26. The van der Waals surface area contributed by atoms with Crippen molar-refractivity contribution in [1.82, 2.24) is 15.7 Å². The number of imide groups is 1. The van der Waals surface area contributed by atoms with Gasteiger partial charge in [-0.15, -0.1) is 0 Å². The summed E-state index contributed by atoms with van der Waals surface area (Å²) < 4.78 is 37.5. The quantitative estimate of drug-likeness (QED) is 0.692. The Labute approximate surface area is 149 Å². The van der Waals surface area contributed by atoms with Gasteiger partial charge in [0.15, 0.2) is 5.82 Å². The van der Waals surface area contributed by atoms with Crippen LogP contribution < -0.4 is 16.2 Å². The van der Waals surface area contributed by atoms with Crippen LogP contribution in [-0.2, 0) is 6.18 Å². The molecule has 6 nitrogen and oxygen atoms in total. The number of aromatic nitrogens is 1. The van der Waals surface area contributed by atoms with E-state index in [1.165, 1.54) is 12.1 Å². The maximum atomic E-state index is 12.5. The first-order valence-electron chi connectivity index (χ1n) is 6.53. The molecule has 0 aliphatic rings. The number of hydrazine groups is 1. The average Bonchev–Trinajstić information content (AvgIpc) is 2.53. The second-order valence-corrected chi connectivity index (χ2v) is 5.38. The Morgan fingerprint density at radius 2 is 1.76 bits per heavy atom. The fraction of sp³-hybridized carbons (Fsp3) is 0.0714. The molecule has 2 aromatic rings. The molecule has 0 aliphatic heterocycles. The summed E-state index contributed by atoms with van der Waals surface area (Å²) in [4.78, 5) is 27.0. The normalized spacial score (nSPS) is 10.9. The third kappa shape index (κ3) is 4.97. The Hall–Kier alpha value is -2.52. The van der Waals surface area contributed by atoms with Gasteiger partial charge in [0.05, 0.1) is 21.2 Å². The molecular formula is C14H9Cl2F3N4O2. The van der Waals surface area contributed by atoms with E-state index in [1.807, 2.05) is 10.7 Å². The van der Waals surface area contributed by atoms with Crippen molar-refractivity contribution < 1.29 is 22.8 Å². The van der Waals surface area contributed by atoms with E-state index in [9.17, 15) is 22.8 Å². The molecule has 0 fully saturated rings. The number of rotatable bonds is 3. The van der Waals surface area contributed by atoms with Crippen molar-refractivity contribution in [3.8, 4) is 0 Å². The number of carbonyl (C=O) groups is 2. The van der Waals surface area contributed by atoms with E-state index >= 15 is 0 Å². The lowest BCUT2D eigenvalue weighted by Gasteiger charge is -2.12. The molecule has 132 valence electrons. The van der Waals surface area contributed by atoms with Crippen LogP contribution in [0.4, 0.5) is 23.8 Å². The summed E-state index contributed by atoms with van der Waals surface area (Å²) in [5, 5.41) is 1.75. The number of urea groups is 1. The van der Waals surface area contributed by atoms with Gasteiger partial charge in [-0.2, -0.15) is 13.2 Å². The second-order valence-electron chi connectivity index (χ2n) is 4.57. The summed E-state index contributed by atoms with van der Waals surface area (Å²) in [6.45, 7) is 0. The molecule has 0 radical (unpaired) electrons. The zero-order valence-electron chi connectivity index (χ0n) is 12.1. The van der Waals surface area contributed by atoms with E-state index in [0.29, 0.717) is 12.3 Å². The van der Waals surface area contributed by atoms with Gasteiger partial charge in [0.25, 0.3) is 5.91 Å². The van der Waals surface area contributed by atoms with E-state index in [2.05, 4.69) is 10.4 Å². The Kier molecular flexibility index (Phi) is 5.70. The van der Waals surface area contributed by atoms with Crippen LogP contribution >= 0.6 is 23.2 Å². The molecule has 3 amide bonds. The van der Waals surface area contributed by atoms with Gasteiger partial charge in [-0.1, -0.05) is 35.3 Å². The van der Waals surface area contributed by atoms with Crippen LogP contribution in [0, 0.1) is 0 Å². The fourth-order valence-electron chi connectivity index (χ4n) is 1.65. The van der Waals surface area contributed by atoms with Gasteiger partial charge in [-0.25, -0.2) is 15.2 Å². The maximum absolute atomic E-state index is 12.5. The molecule has 0 atom stereocenters. The summed E-state index contributed by atoms with van der Waals surface area (Å²) in [7, 11) is 0. The van der Waals surface area contributed by atoms with Crippen molar-refractivity contribution in [2.24, 2.45) is 0 Å². The minimum absolute atomic E-state index is 0.0741. The minimum Gasteiger partial charge on any atom is -0.279 e. The van der Waals surface area contributed by atoms with E-state index in [4.69, 9.17) is 23.2 Å². The van der Waals surface area contributed by atoms with Crippen molar-refractivity contribution in [2.45, 2.75) is 6.18 Å². The number of nitrogens with one attached hydrogen (secondary N) is 3. The van der Waals surface area contributed by atoms with Gasteiger partial charge in [-0.3, -0.25) is 15.5 Å². The Morgan fingerprint density at radius 3 is 2.36 bits per heavy atom.